The van der Waals surface area contributed by atoms with Crippen molar-refractivity contribution in [2.75, 3.05) is 7.05 Å². The van der Waals surface area contributed by atoms with Gasteiger partial charge in [0, 0.05) is 23.6 Å². The maximum atomic E-state index is 12.1. The summed E-state index contributed by atoms with van der Waals surface area (Å²) >= 11 is 0. The molecule has 0 fully saturated rings. The number of imidazole rings is 1. The van der Waals surface area contributed by atoms with Gasteiger partial charge in [0.15, 0.2) is 0 Å². The predicted octanol–water partition coefficient (Wildman–Crippen LogP) is 1.83. The summed E-state index contributed by atoms with van der Waals surface area (Å²) in [5.74, 6) is -0.00691. The molecule has 1 aromatic heterocycles. The number of benzene rings is 1. The van der Waals surface area contributed by atoms with Gasteiger partial charge in [-0.3, -0.25) is 9.59 Å². The highest BCUT2D eigenvalue weighted by Crippen LogP contribution is 2.27. The first-order valence-corrected chi connectivity index (χ1v) is 6.97. The Hall–Kier alpha value is -2.63. The van der Waals surface area contributed by atoms with Gasteiger partial charge < -0.3 is 16.0 Å². The van der Waals surface area contributed by atoms with Crippen LogP contribution in [0.3, 0.4) is 0 Å². The fraction of sp³-hybridized carbons (Fsp3) is 0.312. The molecule has 0 unspecified atom stereocenters. The van der Waals surface area contributed by atoms with Crippen molar-refractivity contribution >= 4 is 11.8 Å². The van der Waals surface area contributed by atoms with Gasteiger partial charge in [-0.2, -0.15) is 0 Å². The van der Waals surface area contributed by atoms with E-state index in [2.05, 4.69) is 15.3 Å². The van der Waals surface area contributed by atoms with E-state index >= 15 is 0 Å². The van der Waals surface area contributed by atoms with Crippen LogP contribution < -0.4 is 11.1 Å². The lowest BCUT2D eigenvalue weighted by atomic mass is 9.96. The summed E-state index contributed by atoms with van der Waals surface area (Å²) in [5, 5.41) is 2.60. The van der Waals surface area contributed by atoms with Crippen molar-refractivity contribution in [2.24, 2.45) is 5.73 Å². The summed E-state index contributed by atoms with van der Waals surface area (Å²) in [5.41, 5.74) is 7.14. The molecule has 0 aliphatic heterocycles. The Morgan fingerprint density at radius 2 is 1.77 bits per heavy atom. The van der Waals surface area contributed by atoms with Crippen LogP contribution in [-0.4, -0.2) is 28.8 Å². The Morgan fingerprint density at radius 1 is 1.18 bits per heavy atom. The lowest BCUT2D eigenvalue weighted by Gasteiger charge is -2.14. The third-order valence-corrected chi connectivity index (χ3v) is 3.31. The van der Waals surface area contributed by atoms with Gasteiger partial charge in [-0.05, 0) is 12.1 Å². The number of carbonyl (C=O) groups excluding carboxylic acids is 2. The molecule has 0 saturated carbocycles. The maximum Gasteiger partial charge on any atom is 0.269 e. The van der Waals surface area contributed by atoms with Crippen molar-refractivity contribution in [3.63, 3.8) is 0 Å². The minimum Gasteiger partial charge on any atom is -0.366 e. The van der Waals surface area contributed by atoms with E-state index in [0.717, 1.165) is 11.4 Å². The van der Waals surface area contributed by atoms with E-state index < -0.39 is 5.91 Å². The highest BCUT2D eigenvalue weighted by Gasteiger charge is 2.24. The van der Waals surface area contributed by atoms with E-state index in [-0.39, 0.29) is 11.3 Å². The van der Waals surface area contributed by atoms with Gasteiger partial charge >= 0.3 is 0 Å². The number of aromatic nitrogens is 2. The van der Waals surface area contributed by atoms with E-state index in [0.29, 0.717) is 17.0 Å². The second-order valence-electron chi connectivity index (χ2n) is 6.08. The van der Waals surface area contributed by atoms with Crippen LogP contribution in [0.2, 0.25) is 0 Å². The molecule has 0 saturated heterocycles. The van der Waals surface area contributed by atoms with Crippen LogP contribution in [0, 0.1) is 0 Å². The standard InChI is InChI=1S/C16H20N4O2/c1-16(2,3)15-19-11(12(20-15)14(22)18-4)9-5-7-10(8-6-9)13(17)21/h5-8H,1-4H3,(H2,17,21)(H,18,22)(H,19,20). The fourth-order valence-corrected chi connectivity index (χ4v) is 2.02. The minimum atomic E-state index is -0.490. The molecule has 6 nitrogen and oxygen atoms in total. The molecule has 22 heavy (non-hydrogen) atoms. The van der Waals surface area contributed by atoms with Crippen LogP contribution in [0.15, 0.2) is 24.3 Å². The zero-order valence-electron chi connectivity index (χ0n) is 13.2. The molecule has 0 spiro atoms. The van der Waals surface area contributed by atoms with Crippen molar-refractivity contribution in [1.82, 2.24) is 15.3 Å². The largest absolute Gasteiger partial charge is 0.366 e. The number of rotatable bonds is 3. The Labute approximate surface area is 129 Å². The summed E-state index contributed by atoms with van der Waals surface area (Å²) < 4.78 is 0. The fourth-order valence-electron chi connectivity index (χ4n) is 2.02. The highest BCUT2D eigenvalue weighted by molar-refractivity contribution is 5.98. The summed E-state index contributed by atoms with van der Waals surface area (Å²) in [4.78, 5) is 30.9. The third-order valence-electron chi connectivity index (χ3n) is 3.31. The van der Waals surface area contributed by atoms with Gasteiger partial charge in [-0.15, -0.1) is 0 Å². The van der Waals surface area contributed by atoms with Crippen LogP contribution >= 0.6 is 0 Å². The smallest absolute Gasteiger partial charge is 0.269 e. The molecule has 116 valence electrons. The minimum absolute atomic E-state index is 0.214. The molecule has 0 bridgehead atoms. The normalized spacial score (nSPS) is 11.3. The number of hydrogen-bond donors (Lipinski definition) is 3. The number of hydrogen-bond acceptors (Lipinski definition) is 3. The Kier molecular flexibility index (Phi) is 4.03. The number of nitrogens with two attached hydrogens (primary N) is 1. The molecular weight excluding hydrogens is 280 g/mol. The average molecular weight is 300 g/mol. The number of nitrogens with zero attached hydrogens (tertiary/aromatic N) is 1. The maximum absolute atomic E-state index is 12.1. The zero-order chi connectivity index (χ0) is 16.5. The molecule has 0 aliphatic rings. The van der Waals surface area contributed by atoms with Crippen LogP contribution in [0.4, 0.5) is 0 Å². The van der Waals surface area contributed by atoms with E-state index in [4.69, 9.17) is 5.73 Å². The molecule has 6 heteroatoms. The van der Waals surface area contributed by atoms with Crippen LogP contribution in [-0.2, 0) is 5.41 Å². The average Bonchev–Trinajstić information content (AvgIpc) is 2.91. The topological polar surface area (TPSA) is 101 Å². The van der Waals surface area contributed by atoms with E-state index in [1.54, 1.807) is 31.3 Å². The predicted molar refractivity (Wildman–Crippen MR) is 84.6 cm³/mol. The SMILES string of the molecule is CNC(=O)c1[nH]c(C(C)(C)C)nc1-c1ccc(C(N)=O)cc1. The summed E-state index contributed by atoms with van der Waals surface area (Å²) in [6.45, 7) is 6.04. The van der Waals surface area contributed by atoms with Gasteiger partial charge in [0.25, 0.3) is 5.91 Å². The molecule has 0 atom stereocenters. The highest BCUT2D eigenvalue weighted by atomic mass is 16.2. The Balaban J connectivity index is 2.55. The second-order valence-corrected chi connectivity index (χ2v) is 6.08. The molecule has 1 aromatic carbocycles. The number of carbonyl (C=O) groups is 2. The monoisotopic (exact) mass is 300 g/mol. The van der Waals surface area contributed by atoms with Crippen molar-refractivity contribution in [3.8, 4) is 11.3 Å². The molecule has 2 aromatic rings. The lowest BCUT2D eigenvalue weighted by molar-refractivity contribution is 0.0957. The molecule has 2 amide bonds. The second kappa shape index (κ2) is 5.63. The van der Waals surface area contributed by atoms with Crippen molar-refractivity contribution in [3.05, 3.63) is 41.3 Å². The third kappa shape index (κ3) is 3.00. The van der Waals surface area contributed by atoms with Crippen molar-refractivity contribution in [1.29, 1.82) is 0 Å². The number of aromatic amines is 1. The van der Waals surface area contributed by atoms with E-state index in [1.807, 2.05) is 20.8 Å². The van der Waals surface area contributed by atoms with Crippen LogP contribution in [0.1, 0.15) is 47.4 Å². The van der Waals surface area contributed by atoms with Crippen LogP contribution in [0.25, 0.3) is 11.3 Å². The molecular formula is C16H20N4O2. The molecule has 4 N–H and O–H groups in total. The van der Waals surface area contributed by atoms with Crippen LogP contribution in [0.5, 0.6) is 0 Å². The molecule has 2 rings (SSSR count). The van der Waals surface area contributed by atoms with E-state index in [1.165, 1.54) is 0 Å². The van der Waals surface area contributed by atoms with Crippen molar-refractivity contribution < 1.29 is 9.59 Å². The first kappa shape index (κ1) is 15.8. The van der Waals surface area contributed by atoms with Crippen molar-refractivity contribution in [2.45, 2.75) is 26.2 Å². The summed E-state index contributed by atoms with van der Waals surface area (Å²) in [7, 11) is 1.57. The molecule has 1 heterocycles. The molecule has 0 aliphatic carbocycles. The number of amides is 2. The summed E-state index contributed by atoms with van der Waals surface area (Å²) in [6.07, 6.45) is 0. The quantitative estimate of drug-likeness (QED) is 0.806. The van der Waals surface area contributed by atoms with Gasteiger partial charge in [0.2, 0.25) is 5.91 Å². The number of primary amides is 1. The van der Waals surface area contributed by atoms with Gasteiger partial charge in [0.05, 0.1) is 0 Å². The van der Waals surface area contributed by atoms with Gasteiger partial charge in [-0.1, -0.05) is 32.9 Å². The number of H-pyrrole nitrogens is 1. The first-order valence-electron chi connectivity index (χ1n) is 6.97. The molecule has 0 radical (unpaired) electrons. The summed E-state index contributed by atoms with van der Waals surface area (Å²) in [6, 6.07) is 6.71. The van der Waals surface area contributed by atoms with E-state index in [9.17, 15) is 9.59 Å². The number of nitrogens with one attached hydrogen (secondary N) is 2. The first-order chi connectivity index (χ1) is 10.2. The van der Waals surface area contributed by atoms with Gasteiger partial charge in [0.1, 0.15) is 17.2 Å². The lowest BCUT2D eigenvalue weighted by Crippen LogP contribution is -2.20. The zero-order valence-corrected chi connectivity index (χ0v) is 13.2. The van der Waals surface area contributed by atoms with Gasteiger partial charge in [-0.25, -0.2) is 4.98 Å². The Bertz CT molecular complexity index is 709. The Morgan fingerprint density at radius 3 is 2.23 bits per heavy atom.